The Kier molecular flexibility index (Phi) is 5.43. The van der Waals surface area contributed by atoms with E-state index >= 15 is 0 Å². The van der Waals surface area contributed by atoms with Crippen LogP contribution in [-0.4, -0.2) is 23.6 Å². The Bertz CT molecular complexity index is 450. The van der Waals surface area contributed by atoms with Crippen molar-refractivity contribution in [2.45, 2.75) is 13.0 Å². The number of amides is 2. The fourth-order valence-corrected chi connectivity index (χ4v) is 1.77. The second-order valence-electron chi connectivity index (χ2n) is 3.58. The zero-order valence-electron chi connectivity index (χ0n) is 9.54. The average molecular weight is 291 g/mol. The molecule has 1 unspecified atom stereocenters. The number of halogens is 2. The number of hydrogen-bond acceptors (Lipinski definition) is 3. The number of thiol groups is 1. The molecule has 0 saturated heterocycles. The van der Waals surface area contributed by atoms with Crippen LogP contribution >= 0.6 is 24.2 Å². The predicted molar refractivity (Wildman–Crippen MR) is 71.5 cm³/mol. The summed E-state index contributed by atoms with van der Waals surface area (Å²) in [5.74, 6) is -1.25. The van der Waals surface area contributed by atoms with Gasteiger partial charge in [0.2, 0.25) is 11.8 Å². The highest BCUT2D eigenvalue weighted by atomic mass is 35.5. The first-order valence-corrected chi connectivity index (χ1v) is 6.08. The normalized spacial score (nSPS) is 11.8. The van der Waals surface area contributed by atoms with Gasteiger partial charge >= 0.3 is 0 Å². The van der Waals surface area contributed by atoms with Crippen LogP contribution in [0.2, 0.25) is 5.02 Å². The van der Waals surface area contributed by atoms with Crippen molar-refractivity contribution in [1.29, 1.82) is 0 Å². The summed E-state index contributed by atoms with van der Waals surface area (Å²) in [5.41, 5.74) is 0.224. The fourth-order valence-electron chi connectivity index (χ4n) is 1.29. The summed E-state index contributed by atoms with van der Waals surface area (Å²) < 4.78 is 13.1. The van der Waals surface area contributed by atoms with Gasteiger partial charge in [-0.05, 0) is 18.2 Å². The zero-order chi connectivity index (χ0) is 13.7. The lowest BCUT2D eigenvalue weighted by Gasteiger charge is -2.15. The summed E-state index contributed by atoms with van der Waals surface area (Å²) in [5, 5.41) is 5.05. The van der Waals surface area contributed by atoms with Gasteiger partial charge in [-0.3, -0.25) is 9.59 Å². The van der Waals surface area contributed by atoms with E-state index in [2.05, 4.69) is 23.3 Å². The molecule has 0 saturated carbocycles. The summed E-state index contributed by atoms with van der Waals surface area (Å²) in [6.07, 6.45) is 0. The molecule has 2 N–H and O–H groups in total. The third kappa shape index (κ3) is 4.54. The average Bonchev–Trinajstić information content (AvgIpc) is 2.23. The fraction of sp³-hybridized carbons (Fsp3) is 0.273. The van der Waals surface area contributed by atoms with Gasteiger partial charge in [-0.2, -0.15) is 12.6 Å². The summed E-state index contributed by atoms with van der Waals surface area (Å²) in [6.45, 7) is 1.29. The quantitative estimate of drug-likeness (QED) is 0.741. The van der Waals surface area contributed by atoms with Crippen LogP contribution in [0, 0.1) is 5.82 Å². The molecule has 1 atom stereocenters. The van der Waals surface area contributed by atoms with Crippen LogP contribution in [0.3, 0.4) is 0 Å². The van der Waals surface area contributed by atoms with E-state index in [4.69, 9.17) is 11.6 Å². The summed E-state index contributed by atoms with van der Waals surface area (Å²) in [7, 11) is 0. The highest BCUT2D eigenvalue weighted by Crippen LogP contribution is 2.18. The predicted octanol–water partition coefficient (Wildman–Crippen LogP) is 1.85. The van der Waals surface area contributed by atoms with Gasteiger partial charge in [0.15, 0.2) is 0 Å². The van der Waals surface area contributed by atoms with Crippen molar-refractivity contribution in [2.24, 2.45) is 0 Å². The van der Waals surface area contributed by atoms with Crippen LogP contribution in [0.5, 0.6) is 0 Å². The lowest BCUT2D eigenvalue weighted by Crippen LogP contribution is -2.44. The van der Waals surface area contributed by atoms with Crippen molar-refractivity contribution in [3.05, 3.63) is 29.0 Å². The van der Waals surface area contributed by atoms with Crippen LogP contribution in [0.4, 0.5) is 10.1 Å². The second-order valence-corrected chi connectivity index (χ2v) is 4.38. The maximum atomic E-state index is 13.1. The molecular weight excluding hydrogens is 279 g/mol. The molecule has 18 heavy (non-hydrogen) atoms. The summed E-state index contributed by atoms with van der Waals surface area (Å²) in [4.78, 5) is 22.6. The maximum Gasteiger partial charge on any atom is 0.247 e. The van der Waals surface area contributed by atoms with Crippen molar-refractivity contribution >= 4 is 41.7 Å². The van der Waals surface area contributed by atoms with E-state index in [9.17, 15) is 14.0 Å². The first-order chi connectivity index (χ1) is 8.42. The Morgan fingerprint density at radius 2 is 2.11 bits per heavy atom. The van der Waals surface area contributed by atoms with E-state index in [0.717, 1.165) is 12.1 Å². The first kappa shape index (κ1) is 14.8. The van der Waals surface area contributed by atoms with Crippen molar-refractivity contribution in [2.75, 3.05) is 11.1 Å². The molecule has 0 aromatic heterocycles. The number of rotatable bonds is 4. The zero-order valence-corrected chi connectivity index (χ0v) is 11.2. The van der Waals surface area contributed by atoms with Crippen molar-refractivity contribution in [3.8, 4) is 0 Å². The van der Waals surface area contributed by atoms with Gasteiger partial charge in [0.1, 0.15) is 11.9 Å². The minimum atomic E-state index is -0.784. The smallest absolute Gasteiger partial charge is 0.247 e. The minimum Gasteiger partial charge on any atom is -0.344 e. The third-order valence-electron chi connectivity index (χ3n) is 2.01. The monoisotopic (exact) mass is 290 g/mol. The maximum absolute atomic E-state index is 13.1. The van der Waals surface area contributed by atoms with Crippen molar-refractivity contribution in [3.63, 3.8) is 0 Å². The molecule has 98 valence electrons. The molecule has 0 aliphatic rings. The molecule has 1 rings (SSSR count). The molecule has 0 spiro atoms. The van der Waals surface area contributed by atoms with Crippen LogP contribution < -0.4 is 10.6 Å². The van der Waals surface area contributed by atoms with Crippen LogP contribution in [0.15, 0.2) is 18.2 Å². The molecule has 7 heteroatoms. The second kappa shape index (κ2) is 6.61. The standard InChI is InChI=1S/C11H12ClFN2O2S/c1-6(16)14-10(5-18)11(17)15-9-3-7(12)2-8(13)4-9/h2-4,10,18H,5H2,1H3,(H,14,16)(H,15,17). The van der Waals surface area contributed by atoms with Gasteiger partial charge in [-0.25, -0.2) is 4.39 Å². The lowest BCUT2D eigenvalue weighted by atomic mass is 10.2. The molecule has 1 aromatic rings. The van der Waals surface area contributed by atoms with E-state index in [-0.39, 0.29) is 22.4 Å². The van der Waals surface area contributed by atoms with E-state index in [1.807, 2.05) is 0 Å². The van der Waals surface area contributed by atoms with Gasteiger partial charge in [0.25, 0.3) is 0 Å². The Balaban J connectivity index is 2.76. The lowest BCUT2D eigenvalue weighted by molar-refractivity contribution is -0.124. The molecule has 0 bridgehead atoms. The van der Waals surface area contributed by atoms with Crippen molar-refractivity contribution < 1.29 is 14.0 Å². The third-order valence-corrected chi connectivity index (χ3v) is 2.59. The van der Waals surface area contributed by atoms with E-state index in [0.29, 0.717) is 0 Å². The van der Waals surface area contributed by atoms with Gasteiger partial charge in [0, 0.05) is 23.4 Å². The molecular formula is C11H12ClFN2O2S. The summed E-state index contributed by atoms with van der Waals surface area (Å²) in [6, 6.07) is 2.88. The molecule has 2 amide bonds. The molecule has 4 nitrogen and oxygen atoms in total. The minimum absolute atomic E-state index is 0.133. The highest BCUT2D eigenvalue weighted by molar-refractivity contribution is 7.80. The number of nitrogens with one attached hydrogen (secondary N) is 2. The number of anilines is 1. The molecule has 0 heterocycles. The van der Waals surface area contributed by atoms with Gasteiger partial charge in [-0.15, -0.1) is 0 Å². The Labute approximate surface area is 114 Å². The molecule has 1 aromatic carbocycles. The molecule has 0 aliphatic carbocycles. The van der Waals surface area contributed by atoms with Crippen molar-refractivity contribution in [1.82, 2.24) is 5.32 Å². The number of carbonyl (C=O) groups excluding carboxylic acids is 2. The number of hydrogen-bond donors (Lipinski definition) is 3. The molecule has 0 fully saturated rings. The molecule has 0 aliphatic heterocycles. The van der Waals surface area contributed by atoms with E-state index < -0.39 is 17.8 Å². The SMILES string of the molecule is CC(=O)NC(CS)C(=O)Nc1cc(F)cc(Cl)c1. The van der Waals surface area contributed by atoms with E-state index in [1.54, 1.807) is 0 Å². The van der Waals surface area contributed by atoms with Crippen LogP contribution in [0.25, 0.3) is 0 Å². The summed E-state index contributed by atoms with van der Waals surface area (Å²) >= 11 is 9.62. The van der Waals surface area contributed by atoms with E-state index in [1.165, 1.54) is 13.0 Å². The van der Waals surface area contributed by atoms with Crippen LogP contribution in [0.1, 0.15) is 6.92 Å². The van der Waals surface area contributed by atoms with Gasteiger partial charge in [-0.1, -0.05) is 11.6 Å². The Morgan fingerprint density at radius 1 is 1.44 bits per heavy atom. The first-order valence-electron chi connectivity index (χ1n) is 5.07. The largest absolute Gasteiger partial charge is 0.344 e. The number of carbonyl (C=O) groups is 2. The van der Waals surface area contributed by atoms with Gasteiger partial charge in [0.05, 0.1) is 0 Å². The topological polar surface area (TPSA) is 58.2 Å². The Morgan fingerprint density at radius 3 is 2.61 bits per heavy atom. The Hall–Kier alpha value is -1.27. The highest BCUT2D eigenvalue weighted by Gasteiger charge is 2.18. The van der Waals surface area contributed by atoms with Crippen LogP contribution in [-0.2, 0) is 9.59 Å². The molecule has 0 radical (unpaired) electrons. The van der Waals surface area contributed by atoms with Gasteiger partial charge < -0.3 is 10.6 Å². The number of benzene rings is 1.